The van der Waals surface area contributed by atoms with Crippen molar-refractivity contribution in [3.63, 3.8) is 0 Å². The number of benzene rings is 2. The van der Waals surface area contributed by atoms with E-state index in [9.17, 15) is 17.6 Å². The van der Waals surface area contributed by atoms with Crippen molar-refractivity contribution >= 4 is 21.6 Å². The van der Waals surface area contributed by atoms with E-state index in [1.54, 1.807) is 6.07 Å². The summed E-state index contributed by atoms with van der Waals surface area (Å²) in [4.78, 5) is 12.8. The molecule has 2 aliphatic rings. The van der Waals surface area contributed by atoms with Crippen LogP contribution >= 0.6 is 0 Å². The third-order valence-electron chi connectivity index (χ3n) is 6.58. The van der Waals surface area contributed by atoms with E-state index >= 15 is 0 Å². The second-order valence-corrected chi connectivity index (χ2v) is 11.0. The first-order chi connectivity index (χ1) is 15.8. The molecule has 1 fully saturated rings. The highest BCUT2D eigenvalue weighted by Crippen LogP contribution is 2.46. The fourth-order valence-corrected chi connectivity index (χ4v) is 5.98. The minimum absolute atomic E-state index is 0.00185. The number of sulfonamides is 1. The summed E-state index contributed by atoms with van der Waals surface area (Å²) >= 11 is 0. The number of rotatable bonds is 7. The minimum Gasteiger partial charge on any atom is -0.487 e. The molecule has 1 saturated carbocycles. The van der Waals surface area contributed by atoms with Gasteiger partial charge in [-0.1, -0.05) is 36.8 Å². The zero-order chi connectivity index (χ0) is 23.5. The lowest BCUT2D eigenvalue weighted by Gasteiger charge is -2.44. The van der Waals surface area contributed by atoms with Gasteiger partial charge in [-0.2, -0.15) is 0 Å². The highest BCUT2D eigenvalue weighted by Gasteiger charge is 2.42. The molecule has 0 radical (unpaired) electrons. The van der Waals surface area contributed by atoms with Crippen LogP contribution in [-0.4, -0.2) is 32.7 Å². The second-order valence-electron chi connectivity index (χ2n) is 9.10. The van der Waals surface area contributed by atoms with Crippen LogP contribution in [0.5, 0.6) is 5.75 Å². The van der Waals surface area contributed by atoms with E-state index in [0.29, 0.717) is 0 Å². The molecule has 33 heavy (non-hydrogen) atoms. The van der Waals surface area contributed by atoms with Crippen molar-refractivity contribution in [1.29, 1.82) is 0 Å². The van der Waals surface area contributed by atoms with Gasteiger partial charge in [0.1, 0.15) is 17.2 Å². The fourth-order valence-electron chi connectivity index (χ4n) is 5.02. The van der Waals surface area contributed by atoms with E-state index in [1.165, 1.54) is 24.6 Å². The van der Waals surface area contributed by atoms with E-state index in [2.05, 4.69) is 5.32 Å². The Bertz CT molecular complexity index is 1100. The monoisotopic (exact) mass is 474 g/mol. The minimum atomic E-state index is -3.68. The molecule has 0 saturated heterocycles. The number of hydrogen-bond donors (Lipinski definition) is 1. The number of nitrogens with one attached hydrogen (secondary N) is 1. The van der Waals surface area contributed by atoms with Gasteiger partial charge in [0, 0.05) is 24.9 Å². The molecule has 2 aromatic rings. The molecule has 0 bridgehead atoms. The summed E-state index contributed by atoms with van der Waals surface area (Å²) in [7, 11) is -3.68. The lowest BCUT2D eigenvalue weighted by atomic mass is 9.77. The number of anilines is 1. The maximum Gasteiger partial charge on any atom is 0.232 e. The predicted molar refractivity (Wildman–Crippen MR) is 126 cm³/mol. The third kappa shape index (κ3) is 5.49. The van der Waals surface area contributed by atoms with Crippen LogP contribution in [0.1, 0.15) is 63.0 Å². The zero-order valence-corrected chi connectivity index (χ0v) is 19.7. The maximum atomic E-state index is 14.2. The summed E-state index contributed by atoms with van der Waals surface area (Å²) in [5.74, 6) is 0.0763. The fraction of sp³-hybridized carbons (Fsp3) is 0.480. The Labute approximate surface area is 195 Å². The van der Waals surface area contributed by atoms with Crippen molar-refractivity contribution in [3.8, 4) is 5.75 Å². The Morgan fingerprint density at radius 3 is 2.55 bits per heavy atom. The summed E-state index contributed by atoms with van der Waals surface area (Å²) in [6, 6.07) is 13.5. The normalized spacial score (nSPS) is 19.4. The molecule has 4 rings (SSSR count). The molecule has 0 aromatic heterocycles. The van der Waals surface area contributed by atoms with Gasteiger partial charge in [-0.25, -0.2) is 12.8 Å². The highest BCUT2D eigenvalue weighted by atomic mass is 32.2. The smallest absolute Gasteiger partial charge is 0.232 e. The third-order valence-corrected chi connectivity index (χ3v) is 7.76. The number of para-hydroxylation sites is 2. The standard InChI is InChI=1S/C25H31FN2O4S/c1-33(30,31)28(22-12-5-4-11-20(22)26)17-9-14-24(29)27-21-18-25(15-7-2-8-16-25)32-23-13-6-3-10-19(21)23/h3-6,10-13,21H,2,7-9,14-18H2,1H3,(H,27,29)/t21-/m0/s1. The molecule has 1 amide bonds. The van der Waals surface area contributed by atoms with Crippen LogP contribution < -0.4 is 14.4 Å². The molecule has 8 heteroatoms. The van der Waals surface area contributed by atoms with E-state index in [0.717, 1.165) is 54.0 Å². The second kappa shape index (κ2) is 9.71. The highest BCUT2D eigenvalue weighted by molar-refractivity contribution is 7.92. The Balaban J connectivity index is 1.41. The van der Waals surface area contributed by atoms with Crippen molar-refractivity contribution in [2.45, 2.75) is 63.0 Å². The number of amides is 1. The Morgan fingerprint density at radius 1 is 1.12 bits per heavy atom. The number of carbonyl (C=O) groups is 1. The maximum absolute atomic E-state index is 14.2. The number of ether oxygens (including phenoxy) is 1. The number of carbonyl (C=O) groups excluding carboxylic acids is 1. The van der Waals surface area contributed by atoms with Gasteiger partial charge in [-0.05, 0) is 50.3 Å². The number of nitrogens with zero attached hydrogens (tertiary/aromatic N) is 1. The SMILES string of the molecule is CS(=O)(=O)N(CCCC(=O)N[C@H]1CC2(CCCCC2)Oc2ccccc21)c1ccccc1F. The first kappa shape index (κ1) is 23.5. The summed E-state index contributed by atoms with van der Waals surface area (Å²) in [5.41, 5.74) is 0.742. The van der Waals surface area contributed by atoms with E-state index in [-0.39, 0.29) is 42.6 Å². The molecule has 6 nitrogen and oxygen atoms in total. The first-order valence-electron chi connectivity index (χ1n) is 11.6. The Morgan fingerprint density at radius 2 is 1.82 bits per heavy atom. The number of fused-ring (bicyclic) bond motifs is 1. The van der Waals surface area contributed by atoms with E-state index in [1.807, 2.05) is 24.3 Å². The average Bonchev–Trinajstić information content (AvgIpc) is 2.77. The molecule has 1 aliphatic heterocycles. The summed E-state index contributed by atoms with van der Waals surface area (Å²) < 4.78 is 46.1. The summed E-state index contributed by atoms with van der Waals surface area (Å²) in [6.45, 7) is 0.0293. The Hall–Kier alpha value is -2.61. The molecule has 0 unspecified atom stereocenters. The topological polar surface area (TPSA) is 75.7 Å². The van der Waals surface area contributed by atoms with E-state index in [4.69, 9.17) is 4.74 Å². The van der Waals surface area contributed by atoms with Gasteiger partial charge in [0.25, 0.3) is 0 Å². The lowest BCUT2D eigenvalue weighted by molar-refractivity contribution is -0.122. The van der Waals surface area contributed by atoms with Gasteiger partial charge in [0.2, 0.25) is 15.9 Å². The van der Waals surface area contributed by atoms with Crippen molar-refractivity contribution < 1.29 is 22.3 Å². The van der Waals surface area contributed by atoms with Crippen molar-refractivity contribution in [2.24, 2.45) is 0 Å². The first-order valence-corrected chi connectivity index (χ1v) is 13.4. The molecule has 1 spiro atoms. The van der Waals surface area contributed by atoms with Crippen LogP contribution in [0.3, 0.4) is 0 Å². The van der Waals surface area contributed by atoms with Crippen LogP contribution in [0.2, 0.25) is 0 Å². The summed E-state index contributed by atoms with van der Waals surface area (Å²) in [5, 5.41) is 3.15. The number of hydrogen-bond acceptors (Lipinski definition) is 4. The molecule has 1 N–H and O–H groups in total. The largest absolute Gasteiger partial charge is 0.487 e. The van der Waals surface area contributed by atoms with Gasteiger partial charge < -0.3 is 10.1 Å². The van der Waals surface area contributed by atoms with Crippen LogP contribution in [0.15, 0.2) is 48.5 Å². The van der Waals surface area contributed by atoms with Gasteiger partial charge in [0.15, 0.2) is 0 Å². The van der Waals surface area contributed by atoms with Gasteiger partial charge in [-0.3, -0.25) is 9.10 Å². The molecular formula is C25H31FN2O4S. The van der Waals surface area contributed by atoms with Crippen LogP contribution in [0.4, 0.5) is 10.1 Å². The average molecular weight is 475 g/mol. The molecule has 1 aliphatic carbocycles. The van der Waals surface area contributed by atoms with Crippen molar-refractivity contribution in [2.75, 3.05) is 17.1 Å². The molecule has 178 valence electrons. The van der Waals surface area contributed by atoms with Crippen LogP contribution in [-0.2, 0) is 14.8 Å². The van der Waals surface area contributed by atoms with Crippen molar-refractivity contribution in [3.05, 3.63) is 59.9 Å². The zero-order valence-electron chi connectivity index (χ0n) is 18.9. The predicted octanol–water partition coefficient (Wildman–Crippen LogP) is 4.71. The van der Waals surface area contributed by atoms with Crippen LogP contribution in [0, 0.1) is 5.82 Å². The molecule has 1 heterocycles. The quantitative estimate of drug-likeness (QED) is 0.630. The van der Waals surface area contributed by atoms with Crippen molar-refractivity contribution in [1.82, 2.24) is 5.32 Å². The Kier molecular flexibility index (Phi) is 6.93. The molecule has 2 aromatic carbocycles. The van der Waals surface area contributed by atoms with Gasteiger partial charge >= 0.3 is 0 Å². The van der Waals surface area contributed by atoms with Gasteiger partial charge in [0.05, 0.1) is 18.0 Å². The lowest BCUT2D eigenvalue weighted by Crippen LogP contribution is -2.46. The van der Waals surface area contributed by atoms with E-state index < -0.39 is 15.8 Å². The van der Waals surface area contributed by atoms with Crippen LogP contribution in [0.25, 0.3) is 0 Å². The molecule has 1 atom stereocenters. The molecular weight excluding hydrogens is 443 g/mol. The van der Waals surface area contributed by atoms with Gasteiger partial charge in [-0.15, -0.1) is 0 Å². The summed E-state index contributed by atoms with van der Waals surface area (Å²) in [6.07, 6.45) is 7.64. The number of halogens is 1.